The maximum absolute atomic E-state index is 12.0. The minimum absolute atomic E-state index is 0.329. The number of rotatable bonds is 2. The van der Waals surface area contributed by atoms with Gasteiger partial charge in [-0.2, -0.15) is 0 Å². The molecule has 0 aromatic rings. The summed E-state index contributed by atoms with van der Waals surface area (Å²) in [6.07, 6.45) is 8.15. The Morgan fingerprint density at radius 2 is 1.69 bits per heavy atom. The van der Waals surface area contributed by atoms with Crippen molar-refractivity contribution in [3.8, 4) is 0 Å². The molecule has 3 heteroatoms. The van der Waals surface area contributed by atoms with E-state index in [0.29, 0.717) is 16.5 Å². The lowest BCUT2D eigenvalue weighted by molar-refractivity contribution is 0.650. The van der Waals surface area contributed by atoms with Crippen molar-refractivity contribution in [1.29, 1.82) is 0 Å². The molecule has 2 aliphatic carbocycles. The molecule has 2 fully saturated rings. The van der Waals surface area contributed by atoms with E-state index in [1.165, 1.54) is 25.7 Å². The molecule has 0 aliphatic heterocycles. The second-order valence-electron chi connectivity index (χ2n) is 4.43. The van der Waals surface area contributed by atoms with E-state index in [4.69, 9.17) is 5.73 Å². The first kappa shape index (κ1) is 9.66. The molecule has 0 spiro atoms. The van der Waals surface area contributed by atoms with Crippen molar-refractivity contribution in [2.75, 3.05) is 0 Å². The van der Waals surface area contributed by atoms with Gasteiger partial charge in [0, 0.05) is 27.3 Å². The van der Waals surface area contributed by atoms with Crippen LogP contribution in [0.1, 0.15) is 44.9 Å². The molecule has 76 valence electrons. The van der Waals surface area contributed by atoms with E-state index < -0.39 is 10.8 Å². The summed E-state index contributed by atoms with van der Waals surface area (Å²) in [5.41, 5.74) is 5.83. The minimum atomic E-state index is -0.571. The van der Waals surface area contributed by atoms with E-state index in [0.717, 1.165) is 19.3 Å². The predicted octanol–water partition coefficient (Wildman–Crippen LogP) is 1.56. The van der Waals surface area contributed by atoms with Crippen LogP contribution in [-0.4, -0.2) is 20.8 Å². The Morgan fingerprint density at radius 3 is 2.23 bits per heavy atom. The zero-order chi connectivity index (χ0) is 9.26. The first-order chi connectivity index (χ1) is 6.27. The summed E-state index contributed by atoms with van der Waals surface area (Å²) < 4.78 is 12.0. The van der Waals surface area contributed by atoms with Crippen molar-refractivity contribution in [2.45, 2.75) is 61.5 Å². The molecule has 0 bridgehead atoms. The molecular formula is C10H19NOS. The number of nitrogens with two attached hydrogens (primary N) is 1. The highest BCUT2D eigenvalue weighted by Crippen LogP contribution is 2.30. The van der Waals surface area contributed by atoms with Gasteiger partial charge in [0.15, 0.2) is 0 Å². The molecule has 2 N–H and O–H groups in total. The van der Waals surface area contributed by atoms with Crippen LogP contribution in [0.5, 0.6) is 0 Å². The quantitative estimate of drug-likeness (QED) is 0.736. The standard InChI is InChI=1S/C10H19NOS/c11-8-5-6-10(7-8)13(12)9-3-1-2-4-9/h8-10H,1-7,11H2. The molecule has 3 atom stereocenters. The Bertz CT molecular complexity index is 201. The fourth-order valence-corrected chi connectivity index (χ4v) is 4.72. The van der Waals surface area contributed by atoms with Crippen LogP contribution in [0.15, 0.2) is 0 Å². The van der Waals surface area contributed by atoms with Crippen molar-refractivity contribution >= 4 is 10.8 Å². The van der Waals surface area contributed by atoms with Gasteiger partial charge in [0.2, 0.25) is 0 Å². The highest BCUT2D eigenvalue weighted by molar-refractivity contribution is 7.86. The van der Waals surface area contributed by atoms with Crippen LogP contribution in [0.4, 0.5) is 0 Å². The van der Waals surface area contributed by atoms with E-state index >= 15 is 0 Å². The lowest BCUT2D eigenvalue weighted by atomic mass is 10.3. The Morgan fingerprint density at radius 1 is 1.00 bits per heavy atom. The van der Waals surface area contributed by atoms with Crippen LogP contribution in [0.3, 0.4) is 0 Å². The van der Waals surface area contributed by atoms with E-state index in [-0.39, 0.29) is 0 Å². The Kier molecular flexibility index (Phi) is 3.04. The normalized spacial score (nSPS) is 38.2. The molecule has 0 heterocycles. The summed E-state index contributed by atoms with van der Waals surface area (Å²) >= 11 is 0. The smallest absolute Gasteiger partial charge is 0.0366 e. The second-order valence-corrected chi connectivity index (χ2v) is 6.42. The third-order valence-electron chi connectivity index (χ3n) is 3.38. The van der Waals surface area contributed by atoms with Crippen molar-refractivity contribution in [1.82, 2.24) is 0 Å². The summed E-state index contributed by atoms with van der Waals surface area (Å²) in [6.45, 7) is 0. The maximum atomic E-state index is 12.0. The summed E-state index contributed by atoms with van der Waals surface area (Å²) in [4.78, 5) is 0. The van der Waals surface area contributed by atoms with Gasteiger partial charge in [0.25, 0.3) is 0 Å². The topological polar surface area (TPSA) is 43.1 Å². The molecule has 13 heavy (non-hydrogen) atoms. The lowest BCUT2D eigenvalue weighted by Gasteiger charge is -2.14. The average Bonchev–Trinajstić information content (AvgIpc) is 2.72. The van der Waals surface area contributed by atoms with Gasteiger partial charge in [-0.3, -0.25) is 4.21 Å². The van der Waals surface area contributed by atoms with E-state index in [1.807, 2.05) is 0 Å². The van der Waals surface area contributed by atoms with E-state index in [9.17, 15) is 4.21 Å². The van der Waals surface area contributed by atoms with Gasteiger partial charge >= 0.3 is 0 Å². The average molecular weight is 201 g/mol. The van der Waals surface area contributed by atoms with Gasteiger partial charge in [-0.15, -0.1) is 0 Å². The molecule has 0 amide bonds. The Balaban J connectivity index is 1.89. The SMILES string of the molecule is NC1CCC(S(=O)C2CCCC2)C1. The third kappa shape index (κ3) is 2.13. The van der Waals surface area contributed by atoms with Gasteiger partial charge in [0.1, 0.15) is 0 Å². The fraction of sp³-hybridized carbons (Fsp3) is 1.00. The highest BCUT2D eigenvalue weighted by Gasteiger charge is 2.32. The summed E-state index contributed by atoms with van der Waals surface area (Å²) in [6, 6.07) is 0.329. The first-order valence-electron chi connectivity index (χ1n) is 5.42. The van der Waals surface area contributed by atoms with Gasteiger partial charge in [0.05, 0.1) is 0 Å². The Labute approximate surface area is 82.7 Å². The van der Waals surface area contributed by atoms with Crippen LogP contribution in [-0.2, 0) is 10.8 Å². The van der Waals surface area contributed by atoms with Crippen LogP contribution >= 0.6 is 0 Å². The molecule has 0 aromatic heterocycles. The lowest BCUT2D eigenvalue weighted by Crippen LogP contribution is -2.24. The molecule has 0 aromatic carbocycles. The van der Waals surface area contributed by atoms with Crippen LogP contribution in [0.25, 0.3) is 0 Å². The van der Waals surface area contributed by atoms with Crippen molar-refractivity contribution in [3.05, 3.63) is 0 Å². The molecule has 2 saturated carbocycles. The van der Waals surface area contributed by atoms with Crippen molar-refractivity contribution < 1.29 is 4.21 Å². The highest BCUT2D eigenvalue weighted by atomic mass is 32.2. The summed E-state index contributed by atoms with van der Waals surface area (Å²) in [5, 5.41) is 0.938. The molecular weight excluding hydrogens is 182 g/mol. The number of hydrogen-bond donors (Lipinski definition) is 1. The minimum Gasteiger partial charge on any atom is -0.328 e. The predicted molar refractivity (Wildman–Crippen MR) is 56.0 cm³/mol. The Hall–Kier alpha value is 0.110. The molecule has 0 radical (unpaired) electrons. The zero-order valence-electron chi connectivity index (χ0n) is 8.08. The van der Waals surface area contributed by atoms with Crippen LogP contribution in [0, 0.1) is 0 Å². The second kappa shape index (κ2) is 4.09. The first-order valence-corrected chi connectivity index (χ1v) is 6.70. The monoisotopic (exact) mass is 201 g/mol. The van der Waals surface area contributed by atoms with Gasteiger partial charge in [-0.1, -0.05) is 12.8 Å². The molecule has 0 saturated heterocycles. The molecule has 3 unspecified atom stereocenters. The van der Waals surface area contributed by atoms with Crippen LogP contribution < -0.4 is 5.73 Å². The van der Waals surface area contributed by atoms with Crippen molar-refractivity contribution in [3.63, 3.8) is 0 Å². The maximum Gasteiger partial charge on any atom is 0.0366 e. The fourth-order valence-electron chi connectivity index (χ4n) is 2.58. The molecule has 2 nitrogen and oxygen atoms in total. The van der Waals surface area contributed by atoms with Gasteiger partial charge in [-0.25, -0.2) is 0 Å². The zero-order valence-corrected chi connectivity index (χ0v) is 8.89. The van der Waals surface area contributed by atoms with E-state index in [2.05, 4.69) is 0 Å². The molecule has 2 aliphatic rings. The van der Waals surface area contributed by atoms with Gasteiger partial charge < -0.3 is 5.73 Å². The van der Waals surface area contributed by atoms with Gasteiger partial charge in [-0.05, 0) is 32.1 Å². The summed E-state index contributed by atoms with van der Waals surface area (Å²) in [5.74, 6) is 0. The van der Waals surface area contributed by atoms with Crippen molar-refractivity contribution in [2.24, 2.45) is 5.73 Å². The van der Waals surface area contributed by atoms with E-state index in [1.54, 1.807) is 0 Å². The third-order valence-corrected chi connectivity index (χ3v) is 5.60. The number of hydrogen-bond acceptors (Lipinski definition) is 2. The largest absolute Gasteiger partial charge is 0.328 e. The van der Waals surface area contributed by atoms with Crippen LogP contribution in [0.2, 0.25) is 0 Å². The summed E-state index contributed by atoms with van der Waals surface area (Å²) in [7, 11) is -0.571. The molecule has 2 rings (SSSR count).